The van der Waals surface area contributed by atoms with Gasteiger partial charge in [0.1, 0.15) is 11.3 Å². The summed E-state index contributed by atoms with van der Waals surface area (Å²) in [4.78, 5) is 25.6. The van der Waals surface area contributed by atoms with Crippen LogP contribution >= 0.6 is 11.6 Å². The molecule has 0 radical (unpaired) electrons. The van der Waals surface area contributed by atoms with Gasteiger partial charge in [-0.2, -0.15) is 0 Å². The van der Waals surface area contributed by atoms with Crippen molar-refractivity contribution in [3.8, 4) is 22.8 Å². The van der Waals surface area contributed by atoms with Crippen molar-refractivity contribution in [3.63, 3.8) is 0 Å². The van der Waals surface area contributed by atoms with E-state index in [4.69, 9.17) is 25.5 Å². The summed E-state index contributed by atoms with van der Waals surface area (Å²) in [6.07, 6.45) is -0.0395. The van der Waals surface area contributed by atoms with Crippen LogP contribution in [0.5, 0.6) is 11.5 Å². The van der Waals surface area contributed by atoms with Crippen molar-refractivity contribution in [1.29, 1.82) is 0 Å². The molecular formula is C25H19ClO5. The highest BCUT2D eigenvalue weighted by Gasteiger charge is 2.20. The third-order valence-corrected chi connectivity index (χ3v) is 4.90. The second-order valence-electron chi connectivity index (χ2n) is 6.98. The zero-order chi connectivity index (χ0) is 21.8. The smallest absolute Gasteiger partial charge is 0.314 e. The largest absolute Gasteiger partial charge is 0.493 e. The zero-order valence-corrected chi connectivity index (χ0v) is 17.5. The van der Waals surface area contributed by atoms with Crippen LogP contribution in [0.1, 0.15) is 12.0 Å². The SMILES string of the molecule is Cc1ccc2c(=O)c(OC(=O)CCOc3ccc(Cl)cc3)c(-c3ccccc3)oc2c1. The van der Waals surface area contributed by atoms with Crippen molar-refractivity contribution in [2.24, 2.45) is 0 Å². The van der Waals surface area contributed by atoms with Crippen molar-refractivity contribution >= 4 is 28.5 Å². The van der Waals surface area contributed by atoms with E-state index in [-0.39, 0.29) is 24.5 Å². The number of benzene rings is 3. The van der Waals surface area contributed by atoms with Crippen molar-refractivity contribution in [1.82, 2.24) is 0 Å². The van der Waals surface area contributed by atoms with Gasteiger partial charge in [-0.25, -0.2) is 0 Å². The van der Waals surface area contributed by atoms with Crippen molar-refractivity contribution < 1.29 is 18.7 Å². The first-order valence-electron chi connectivity index (χ1n) is 9.73. The van der Waals surface area contributed by atoms with Crippen molar-refractivity contribution in [2.45, 2.75) is 13.3 Å². The first-order valence-corrected chi connectivity index (χ1v) is 10.1. The third kappa shape index (κ3) is 4.78. The fraction of sp³-hybridized carbons (Fsp3) is 0.120. The summed E-state index contributed by atoms with van der Waals surface area (Å²) in [5.41, 5.74) is 1.64. The van der Waals surface area contributed by atoms with Crippen LogP contribution in [0.15, 0.2) is 82.0 Å². The molecule has 0 saturated carbocycles. The number of fused-ring (bicyclic) bond motifs is 1. The molecule has 1 heterocycles. The molecule has 4 rings (SSSR count). The van der Waals surface area contributed by atoms with Crippen LogP contribution < -0.4 is 14.9 Å². The third-order valence-electron chi connectivity index (χ3n) is 4.65. The van der Waals surface area contributed by atoms with Crippen LogP contribution in [-0.2, 0) is 4.79 Å². The molecule has 4 aromatic rings. The Kier molecular flexibility index (Phi) is 6.05. The lowest BCUT2D eigenvalue weighted by Gasteiger charge is -2.11. The number of hydrogen-bond acceptors (Lipinski definition) is 5. The van der Waals surface area contributed by atoms with E-state index in [9.17, 15) is 9.59 Å². The lowest BCUT2D eigenvalue weighted by molar-refractivity contribution is -0.135. The Morgan fingerprint density at radius 2 is 1.74 bits per heavy atom. The molecule has 0 aliphatic heterocycles. The fourth-order valence-electron chi connectivity index (χ4n) is 3.10. The lowest BCUT2D eigenvalue weighted by Crippen LogP contribution is -2.18. The molecule has 0 saturated heterocycles. The molecule has 1 aromatic heterocycles. The molecular weight excluding hydrogens is 416 g/mol. The van der Waals surface area contributed by atoms with Gasteiger partial charge in [0.15, 0.2) is 5.76 Å². The average molecular weight is 435 g/mol. The maximum atomic E-state index is 13.1. The zero-order valence-electron chi connectivity index (χ0n) is 16.8. The normalized spacial score (nSPS) is 10.8. The second kappa shape index (κ2) is 9.06. The molecule has 0 amide bonds. The molecule has 0 N–H and O–H groups in total. The van der Waals surface area contributed by atoms with Gasteiger partial charge in [-0.15, -0.1) is 0 Å². The number of carbonyl (C=O) groups excluding carboxylic acids is 1. The Labute approximate surface area is 183 Å². The molecule has 0 aliphatic rings. The fourth-order valence-corrected chi connectivity index (χ4v) is 3.23. The van der Waals surface area contributed by atoms with E-state index >= 15 is 0 Å². The van der Waals surface area contributed by atoms with E-state index in [1.807, 2.05) is 31.2 Å². The monoisotopic (exact) mass is 434 g/mol. The molecule has 0 aliphatic carbocycles. The second-order valence-corrected chi connectivity index (χ2v) is 7.42. The Morgan fingerprint density at radius 3 is 2.48 bits per heavy atom. The number of halogens is 1. The number of hydrogen-bond donors (Lipinski definition) is 0. The number of rotatable bonds is 6. The molecule has 5 nitrogen and oxygen atoms in total. The average Bonchev–Trinajstić information content (AvgIpc) is 2.77. The Balaban J connectivity index is 1.60. The van der Waals surface area contributed by atoms with Crippen LogP contribution in [0.2, 0.25) is 5.02 Å². The van der Waals surface area contributed by atoms with Crippen LogP contribution in [0.4, 0.5) is 0 Å². The maximum Gasteiger partial charge on any atom is 0.314 e. The highest BCUT2D eigenvalue weighted by molar-refractivity contribution is 6.30. The van der Waals surface area contributed by atoms with Crippen LogP contribution in [0, 0.1) is 6.92 Å². The summed E-state index contributed by atoms with van der Waals surface area (Å²) in [7, 11) is 0. The lowest BCUT2D eigenvalue weighted by atomic mass is 10.1. The standard InChI is InChI=1S/C25H19ClO5/c1-16-7-12-20-21(15-16)30-24(17-5-3-2-4-6-17)25(23(20)28)31-22(27)13-14-29-19-10-8-18(26)9-11-19/h2-12,15H,13-14H2,1H3. The summed E-state index contributed by atoms with van der Waals surface area (Å²) >= 11 is 5.85. The van der Waals surface area contributed by atoms with Crippen molar-refractivity contribution in [3.05, 3.63) is 93.6 Å². The molecule has 0 spiro atoms. The maximum absolute atomic E-state index is 13.1. The highest BCUT2D eigenvalue weighted by Crippen LogP contribution is 2.31. The minimum Gasteiger partial charge on any atom is -0.493 e. The molecule has 6 heteroatoms. The molecule has 0 fully saturated rings. The predicted octanol–water partition coefficient (Wildman–Crippen LogP) is 5.80. The number of esters is 1. The Morgan fingerprint density at radius 1 is 1.00 bits per heavy atom. The van der Waals surface area contributed by atoms with Crippen molar-refractivity contribution in [2.75, 3.05) is 6.61 Å². The van der Waals surface area contributed by atoms with E-state index < -0.39 is 11.4 Å². The minimum absolute atomic E-state index is 0.0395. The van der Waals surface area contributed by atoms with E-state index in [2.05, 4.69) is 0 Å². The first kappa shape index (κ1) is 20.7. The molecule has 156 valence electrons. The van der Waals surface area contributed by atoms with Gasteiger partial charge in [-0.3, -0.25) is 9.59 Å². The van der Waals surface area contributed by atoms with Crippen LogP contribution in [0.25, 0.3) is 22.3 Å². The van der Waals surface area contributed by atoms with Gasteiger partial charge in [0.2, 0.25) is 11.2 Å². The highest BCUT2D eigenvalue weighted by atomic mass is 35.5. The van der Waals surface area contributed by atoms with Gasteiger partial charge in [0.05, 0.1) is 18.4 Å². The summed E-state index contributed by atoms with van der Waals surface area (Å²) in [6, 6.07) is 21.2. The molecule has 3 aromatic carbocycles. The minimum atomic E-state index is -0.593. The quantitative estimate of drug-likeness (QED) is 0.359. The summed E-state index contributed by atoms with van der Waals surface area (Å²) in [5.74, 6) is 0.0855. The Hall–Kier alpha value is -3.57. The van der Waals surface area contributed by atoms with E-state index in [0.29, 0.717) is 27.3 Å². The van der Waals surface area contributed by atoms with Crippen LogP contribution in [0.3, 0.4) is 0 Å². The first-order chi connectivity index (χ1) is 15.0. The summed E-state index contributed by atoms with van der Waals surface area (Å²) < 4.78 is 17.0. The predicted molar refractivity (Wildman–Crippen MR) is 120 cm³/mol. The molecule has 0 unspecified atom stereocenters. The summed E-state index contributed by atoms with van der Waals surface area (Å²) in [6.45, 7) is 2.01. The molecule has 31 heavy (non-hydrogen) atoms. The van der Waals surface area contributed by atoms with E-state index in [0.717, 1.165) is 5.56 Å². The Bertz CT molecular complexity index is 1280. The van der Waals surface area contributed by atoms with Gasteiger partial charge in [-0.05, 0) is 48.9 Å². The molecule has 0 atom stereocenters. The van der Waals surface area contributed by atoms with Gasteiger partial charge in [0, 0.05) is 10.6 Å². The molecule has 0 bridgehead atoms. The van der Waals surface area contributed by atoms with E-state index in [1.54, 1.807) is 48.5 Å². The van der Waals surface area contributed by atoms with E-state index in [1.165, 1.54) is 0 Å². The van der Waals surface area contributed by atoms with Gasteiger partial charge < -0.3 is 13.9 Å². The van der Waals surface area contributed by atoms with Gasteiger partial charge in [0.25, 0.3) is 0 Å². The van der Waals surface area contributed by atoms with Crippen LogP contribution in [-0.4, -0.2) is 12.6 Å². The summed E-state index contributed by atoms with van der Waals surface area (Å²) in [5, 5.41) is 0.948. The van der Waals surface area contributed by atoms with Gasteiger partial charge >= 0.3 is 5.97 Å². The number of carbonyl (C=O) groups is 1. The van der Waals surface area contributed by atoms with Gasteiger partial charge in [-0.1, -0.05) is 48.0 Å². The topological polar surface area (TPSA) is 65.7 Å². The number of ether oxygens (including phenoxy) is 2. The number of aryl methyl sites for hydroxylation is 1.